The van der Waals surface area contributed by atoms with Crippen molar-refractivity contribution in [1.82, 2.24) is 0 Å². The van der Waals surface area contributed by atoms with Gasteiger partial charge in [0.15, 0.2) is 8.32 Å². The van der Waals surface area contributed by atoms with E-state index < -0.39 is 8.32 Å². The van der Waals surface area contributed by atoms with Gasteiger partial charge in [0.1, 0.15) is 0 Å². The minimum Gasteiger partial charge on any atom is -0.358 e. The van der Waals surface area contributed by atoms with E-state index in [-0.39, 0.29) is 32.2 Å². The Hall–Kier alpha value is -0.740. The molecule has 168 valence electrons. The predicted octanol–water partition coefficient (Wildman–Crippen LogP) is 6.70. The minimum atomic E-state index is -1.61. The summed E-state index contributed by atoms with van der Waals surface area (Å²) in [5, 5.41) is 12.4. The molecule has 0 fully saturated rings. The van der Waals surface area contributed by atoms with Gasteiger partial charge in [-0.25, -0.2) is 12.2 Å². The zero-order chi connectivity index (χ0) is 20.7. The van der Waals surface area contributed by atoms with Crippen LogP contribution in [-0.2, 0) is 24.2 Å². The Morgan fingerprint density at radius 3 is 1.53 bits per heavy atom. The van der Waals surface area contributed by atoms with E-state index in [9.17, 15) is 0 Å². The second-order valence-corrected chi connectivity index (χ2v) is 10.8. The normalized spacial score (nSPS) is 10.0. The minimum absolute atomic E-state index is 0. The molecule has 0 radical (unpaired) electrons. The summed E-state index contributed by atoms with van der Waals surface area (Å²) >= 11 is 1.30. The van der Waals surface area contributed by atoms with Crippen LogP contribution < -0.4 is 0 Å². The summed E-state index contributed by atoms with van der Waals surface area (Å²) in [7, 11) is -0.611. The molecule has 0 atom stereocenters. The Morgan fingerprint density at radius 1 is 0.900 bits per heavy atom. The van der Waals surface area contributed by atoms with E-state index in [0.29, 0.717) is 0 Å². The molecule has 30 heavy (non-hydrogen) atoms. The van der Waals surface area contributed by atoms with Crippen LogP contribution in [0.1, 0.15) is 6.42 Å². The third-order valence-electron chi connectivity index (χ3n) is 3.11. The topological polar surface area (TPSA) is 40.5 Å². The van der Waals surface area contributed by atoms with E-state index in [2.05, 4.69) is 71.0 Å². The summed E-state index contributed by atoms with van der Waals surface area (Å²) < 4.78 is 3.34. The summed E-state index contributed by atoms with van der Waals surface area (Å²) in [5.41, 5.74) is 0. The first-order valence-electron chi connectivity index (χ1n) is 8.72. The van der Waals surface area contributed by atoms with E-state index in [0.717, 1.165) is 13.5 Å². The van der Waals surface area contributed by atoms with E-state index in [4.69, 9.17) is 9.90 Å². The SMILES string of the molecule is CO.C[Si](C)(C)O.Cl.Cl.[C-]1=CC=CC1.[CH2]=[Zr].[CH3-].c1ccc2c(c1)[cH-]c1ccccc12. The molecule has 2 nitrogen and oxygen atoms in total. The molecule has 0 saturated heterocycles. The Bertz CT molecular complexity index is 773. The molecule has 3 aromatic rings. The number of rotatable bonds is 0. The van der Waals surface area contributed by atoms with Gasteiger partial charge in [0.05, 0.1) is 0 Å². The van der Waals surface area contributed by atoms with Crippen LogP contribution in [0.2, 0.25) is 19.6 Å². The van der Waals surface area contributed by atoms with Gasteiger partial charge < -0.3 is 17.3 Å². The van der Waals surface area contributed by atoms with Gasteiger partial charge in [0.25, 0.3) is 0 Å². The molecule has 0 aliphatic heterocycles. The van der Waals surface area contributed by atoms with Crippen molar-refractivity contribution in [2.45, 2.75) is 26.1 Å². The standard InChI is InChI=1S/C13H9.C5H5.C3H10OSi.CH4O.CH3.CH2.2ClH.Zr/c1-3-7-12-10(5-1)9-11-6-2-4-8-13(11)12;1-2-4-5-3-1;1-5(2,3)4;1-2;;;;;/h1-9H;1-3H,4H2;4H,1-3H3;2H,1H3;1H3;1H2;2*1H;/q2*-1;;;-1;;;;. The smallest absolute Gasteiger partial charge is 0.0771 e. The van der Waals surface area contributed by atoms with Crippen LogP contribution in [0.3, 0.4) is 0 Å². The zero-order valence-corrected chi connectivity index (χ0v) is 23.6. The first-order valence-corrected chi connectivity index (χ1v) is 13.9. The largest absolute Gasteiger partial charge is 0.358 e. The van der Waals surface area contributed by atoms with Crippen molar-refractivity contribution < 1.29 is 34.1 Å². The fraction of sp³-hybridized carbons (Fsp3) is 0.208. The van der Waals surface area contributed by atoms with Gasteiger partial charge in [-0.3, -0.25) is 6.08 Å². The van der Waals surface area contributed by atoms with Gasteiger partial charge in [-0.15, -0.1) is 71.0 Å². The third kappa shape index (κ3) is 16.0. The van der Waals surface area contributed by atoms with Gasteiger partial charge >= 0.3 is 28.4 Å². The van der Waals surface area contributed by atoms with Crippen LogP contribution in [0.5, 0.6) is 0 Å². The van der Waals surface area contributed by atoms with E-state index >= 15 is 0 Å². The molecule has 3 aromatic carbocycles. The molecular weight excluding hydrogens is 510 g/mol. The summed E-state index contributed by atoms with van der Waals surface area (Å²) in [5.74, 6) is 0. The van der Waals surface area contributed by atoms with Crippen LogP contribution in [0.25, 0.3) is 21.5 Å². The van der Waals surface area contributed by atoms with Gasteiger partial charge in [-0.2, -0.15) is 6.08 Å². The molecule has 2 N–H and O–H groups in total. The maximum Gasteiger partial charge on any atom is -0.0771 e. The molecule has 0 bridgehead atoms. The van der Waals surface area contributed by atoms with Gasteiger partial charge in [-0.1, -0.05) is 36.4 Å². The van der Waals surface area contributed by atoms with E-state index in [1.807, 2.05) is 31.8 Å². The van der Waals surface area contributed by atoms with E-state index in [1.165, 1.54) is 45.8 Å². The average Bonchev–Trinajstić information content (AvgIpc) is 3.35. The number of hydrogen-bond acceptors (Lipinski definition) is 2. The molecule has 0 amide bonds. The maximum atomic E-state index is 8.66. The summed E-state index contributed by atoms with van der Waals surface area (Å²) in [4.78, 5) is 8.66. The van der Waals surface area contributed by atoms with Crippen molar-refractivity contribution in [3.05, 3.63) is 86.3 Å². The number of benzene rings is 2. The van der Waals surface area contributed by atoms with Gasteiger partial charge in [-0.05, 0) is 19.6 Å². The van der Waals surface area contributed by atoms with Crippen molar-refractivity contribution in [1.29, 1.82) is 0 Å². The molecule has 0 unspecified atom stereocenters. The molecule has 0 heterocycles. The molecule has 4 rings (SSSR count). The summed E-state index contributed by atoms with van der Waals surface area (Å²) in [6.45, 7) is 5.65. The van der Waals surface area contributed by atoms with Crippen LogP contribution in [0.15, 0.2) is 72.8 Å². The molecule has 6 heteroatoms. The van der Waals surface area contributed by atoms with Crippen molar-refractivity contribution in [3.63, 3.8) is 0 Å². The third-order valence-corrected chi connectivity index (χ3v) is 3.11. The molecule has 1 aliphatic carbocycles. The number of allylic oxidation sites excluding steroid dienone is 4. The Kier molecular flexibility index (Phi) is 26.2. The predicted molar refractivity (Wildman–Crippen MR) is 140 cm³/mol. The second kappa shape index (κ2) is 21.5. The number of aliphatic hydroxyl groups is 1. The fourth-order valence-corrected chi connectivity index (χ4v) is 2.24. The molecule has 0 aromatic heterocycles. The summed E-state index contributed by atoms with van der Waals surface area (Å²) in [6.07, 6.45) is 10.0. The first kappa shape index (κ1) is 36.6. The van der Waals surface area contributed by atoms with Crippen LogP contribution >= 0.6 is 24.8 Å². The van der Waals surface area contributed by atoms with Crippen LogP contribution in [-0.4, -0.2) is 29.5 Å². The van der Waals surface area contributed by atoms with Crippen LogP contribution in [0, 0.1) is 13.5 Å². The number of aliphatic hydroxyl groups excluding tert-OH is 1. The van der Waals surface area contributed by atoms with Crippen molar-refractivity contribution in [2.75, 3.05) is 7.11 Å². The monoisotopic (exact) mass is 543 g/mol. The maximum absolute atomic E-state index is 8.66. The zero-order valence-electron chi connectivity index (χ0n) is 18.6. The van der Waals surface area contributed by atoms with Crippen molar-refractivity contribution in [3.8, 4) is 0 Å². The summed E-state index contributed by atoms with van der Waals surface area (Å²) in [6, 6.07) is 19.3. The molecule has 0 saturated carbocycles. The van der Waals surface area contributed by atoms with Gasteiger partial charge in [0.2, 0.25) is 0 Å². The van der Waals surface area contributed by atoms with Crippen molar-refractivity contribution in [2.24, 2.45) is 0 Å². The Balaban J connectivity index is -0.000000171. The molecular formula is C24H35Cl2O2SiZr-3. The number of fused-ring (bicyclic) bond motifs is 3. The van der Waals surface area contributed by atoms with Crippen molar-refractivity contribution >= 4 is 58.9 Å². The second-order valence-electron chi connectivity index (χ2n) is 6.49. The van der Waals surface area contributed by atoms with Gasteiger partial charge in [0, 0.05) is 7.11 Å². The number of hydrogen-bond donors (Lipinski definition) is 2. The first-order chi connectivity index (χ1) is 12.9. The Morgan fingerprint density at radius 2 is 1.27 bits per heavy atom. The Labute approximate surface area is 211 Å². The van der Waals surface area contributed by atoms with E-state index in [1.54, 1.807) is 0 Å². The average molecular weight is 546 g/mol. The molecule has 0 spiro atoms. The molecule has 1 aliphatic rings. The quantitative estimate of drug-likeness (QED) is 0.244. The van der Waals surface area contributed by atoms with Crippen LogP contribution in [0.4, 0.5) is 0 Å². The number of halogens is 2. The fourth-order valence-electron chi connectivity index (χ4n) is 2.24.